The Bertz CT molecular complexity index is 1060. The predicted octanol–water partition coefficient (Wildman–Crippen LogP) is 1.57. The first-order valence-electron chi connectivity index (χ1n) is 9.02. The Morgan fingerprint density at radius 1 is 1.36 bits per heavy atom. The van der Waals surface area contributed by atoms with E-state index in [1.165, 1.54) is 18.2 Å². The number of amides is 1. The molecule has 8 nitrogen and oxygen atoms in total. The van der Waals surface area contributed by atoms with Gasteiger partial charge in [-0.15, -0.1) is 0 Å². The normalized spacial score (nSPS) is 15.8. The minimum absolute atomic E-state index is 0.0332. The molecule has 0 spiro atoms. The zero-order chi connectivity index (χ0) is 19.5. The first-order valence-corrected chi connectivity index (χ1v) is 9.02. The van der Waals surface area contributed by atoms with Crippen molar-refractivity contribution in [2.24, 2.45) is 0 Å². The molecule has 144 valence electrons. The largest absolute Gasteiger partial charge is 0.353 e. The highest BCUT2D eigenvalue weighted by atomic mass is 19.1. The van der Waals surface area contributed by atoms with Crippen molar-refractivity contribution < 1.29 is 13.7 Å². The number of halogens is 1. The van der Waals surface area contributed by atoms with Gasteiger partial charge >= 0.3 is 0 Å². The number of nitrogens with zero attached hydrogens (tertiary/aromatic N) is 3. The number of nitrogens with one attached hydrogen (secondary N) is 2. The van der Waals surface area contributed by atoms with Crippen LogP contribution in [0.1, 0.15) is 30.0 Å². The van der Waals surface area contributed by atoms with Gasteiger partial charge in [0.2, 0.25) is 17.6 Å². The van der Waals surface area contributed by atoms with Crippen LogP contribution in [0.2, 0.25) is 0 Å². The van der Waals surface area contributed by atoms with Gasteiger partial charge in [0.1, 0.15) is 5.82 Å². The zero-order valence-electron chi connectivity index (χ0n) is 14.9. The van der Waals surface area contributed by atoms with E-state index in [0.29, 0.717) is 30.7 Å². The summed E-state index contributed by atoms with van der Waals surface area (Å²) < 4.78 is 18.4. The van der Waals surface area contributed by atoms with E-state index in [1.807, 2.05) is 0 Å². The summed E-state index contributed by atoms with van der Waals surface area (Å²) in [6, 6.07) is 7.42. The Labute approximate surface area is 159 Å². The van der Waals surface area contributed by atoms with E-state index in [1.54, 1.807) is 12.1 Å². The number of hydrogen-bond donors (Lipinski definition) is 2. The number of aromatic amines is 1. The topological polar surface area (TPSA) is 114 Å². The van der Waals surface area contributed by atoms with Gasteiger partial charge in [0, 0.05) is 30.5 Å². The fourth-order valence-corrected chi connectivity index (χ4v) is 3.28. The third kappa shape index (κ3) is 4.13. The van der Waals surface area contributed by atoms with Crippen LogP contribution in [0, 0.1) is 5.82 Å². The lowest BCUT2D eigenvalue weighted by Crippen LogP contribution is -2.39. The summed E-state index contributed by atoms with van der Waals surface area (Å²) in [6.07, 6.45) is 2.54. The van der Waals surface area contributed by atoms with Crippen LogP contribution in [-0.2, 0) is 24.1 Å². The van der Waals surface area contributed by atoms with Crippen molar-refractivity contribution in [1.29, 1.82) is 0 Å². The van der Waals surface area contributed by atoms with Crippen LogP contribution in [-0.4, -0.2) is 32.3 Å². The average molecular weight is 383 g/mol. The molecule has 0 saturated carbocycles. The molecule has 1 amide bonds. The van der Waals surface area contributed by atoms with E-state index < -0.39 is 0 Å². The van der Waals surface area contributed by atoms with Crippen molar-refractivity contribution in [2.45, 2.75) is 38.1 Å². The molecular formula is C19H18FN5O3. The maximum atomic E-state index is 13.3. The number of aryl methyl sites for hydroxylation is 2. The van der Waals surface area contributed by atoms with Gasteiger partial charge in [0.25, 0.3) is 5.56 Å². The summed E-state index contributed by atoms with van der Waals surface area (Å²) in [4.78, 5) is 27.9. The number of carbonyl (C=O) groups excluding carboxylic acids is 1. The first kappa shape index (κ1) is 18.0. The van der Waals surface area contributed by atoms with Crippen LogP contribution in [0.4, 0.5) is 4.39 Å². The van der Waals surface area contributed by atoms with Gasteiger partial charge in [-0.05, 0) is 37.0 Å². The number of aromatic nitrogens is 4. The number of hydrogen-bond acceptors (Lipinski definition) is 6. The lowest BCUT2D eigenvalue weighted by atomic mass is 9.92. The third-order valence-electron chi connectivity index (χ3n) is 4.65. The second-order valence-corrected chi connectivity index (χ2v) is 6.73. The average Bonchev–Trinajstić information content (AvgIpc) is 3.15. The lowest BCUT2D eigenvalue weighted by molar-refractivity contribution is -0.121. The molecule has 28 heavy (non-hydrogen) atoms. The molecule has 9 heteroatoms. The Hall–Kier alpha value is -3.36. The number of carbonyl (C=O) groups is 1. The van der Waals surface area contributed by atoms with Crippen molar-refractivity contribution in [3.63, 3.8) is 0 Å². The molecule has 0 fully saturated rings. The van der Waals surface area contributed by atoms with Crippen LogP contribution in [0.5, 0.6) is 0 Å². The second-order valence-electron chi connectivity index (χ2n) is 6.73. The molecule has 1 aliphatic carbocycles. The maximum absolute atomic E-state index is 13.3. The van der Waals surface area contributed by atoms with E-state index in [4.69, 9.17) is 4.52 Å². The van der Waals surface area contributed by atoms with E-state index in [-0.39, 0.29) is 35.6 Å². The van der Waals surface area contributed by atoms with Crippen molar-refractivity contribution >= 4 is 5.91 Å². The number of rotatable bonds is 5. The van der Waals surface area contributed by atoms with Crippen molar-refractivity contribution in [1.82, 2.24) is 25.7 Å². The highest BCUT2D eigenvalue weighted by Crippen LogP contribution is 2.19. The third-order valence-corrected chi connectivity index (χ3v) is 4.65. The first-order chi connectivity index (χ1) is 13.6. The van der Waals surface area contributed by atoms with E-state index in [2.05, 4.69) is 25.7 Å². The van der Waals surface area contributed by atoms with Crippen LogP contribution in [0.15, 0.2) is 39.6 Å². The minimum atomic E-state index is -0.380. The van der Waals surface area contributed by atoms with Crippen molar-refractivity contribution in [3.8, 4) is 11.4 Å². The van der Waals surface area contributed by atoms with E-state index in [0.717, 1.165) is 17.7 Å². The Morgan fingerprint density at radius 2 is 2.25 bits per heavy atom. The van der Waals surface area contributed by atoms with Crippen molar-refractivity contribution in [3.05, 3.63) is 63.7 Å². The maximum Gasteiger partial charge on any atom is 0.264 e. The van der Waals surface area contributed by atoms with Gasteiger partial charge in [0.05, 0.1) is 5.69 Å². The molecule has 2 heterocycles. The van der Waals surface area contributed by atoms with Crippen LogP contribution in [0.3, 0.4) is 0 Å². The Morgan fingerprint density at radius 3 is 3.11 bits per heavy atom. The van der Waals surface area contributed by atoms with E-state index >= 15 is 0 Å². The molecule has 2 N–H and O–H groups in total. The lowest BCUT2D eigenvalue weighted by Gasteiger charge is -2.24. The molecule has 0 aliphatic heterocycles. The van der Waals surface area contributed by atoms with Gasteiger partial charge in [-0.1, -0.05) is 17.3 Å². The number of fused-ring (bicyclic) bond motifs is 1. The van der Waals surface area contributed by atoms with Gasteiger partial charge in [0.15, 0.2) is 0 Å². The monoisotopic (exact) mass is 383 g/mol. The predicted molar refractivity (Wildman–Crippen MR) is 96.8 cm³/mol. The van der Waals surface area contributed by atoms with Gasteiger partial charge in [-0.2, -0.15) is 10.1 Å². The summed E-state index contributed by atoms with van der Waals surface area (Å²) in [5, 5.41) is 13.3. The summed E-state index contributed by atoms with van der Waals surface area (Å²) in [5.41, 5.74) is 2.03. The number of H-pyrrole nitrogens is 1. The summed E-state index contributed by atoms with van der Waals surface area (Å²) >= 11 is 0. The minimum Gasteiger partial charge on any atom is -0.353 e. The van der Waals surface area contributed by atoms with Crippen LogP contribution < -0.4 is 10.9 Å². The molecule has 2 aromatic heterocycles. The molecule has 1 aliphatic rings. The second kappa shape index (κ2) is 7.71. The molecule has 0 bridgehead atoms. The van der Waals surface area contributed by atoms with Gasteiger partial charge in [-0.3, -0.25) is 9.59 Å². The zero-order valence-corrected chi connectivity index (χ0v) is 14.9. The number of benzene rings is 1. The Balaban J connectivity index is 1.31. The van der Waals surface area contributed by atoms with Gasteiger partial charge in [-0.25, -0.2) is 9.49 Å². The smallest absolute Gasteiger partial charge is 0.264 e. The summed E-state index contributed by atoms with van der Waals surface area (Å²) in [6.45, 7) is 0. The molecule has 0 radical (unpaired) electrons. The molecule has 0 saturated heterocycles. The van der Waals surface area contributed by atoms with Gasteiger partial charge < -0.3 is 9.84 Å². The molecule has 3 aromatic rings. The molecule has 1 atom stereocenters. The molecule has 0 unspecified atom stereocenters. The quantitative estimate of drug-likeness (QED) is 0.691. The van der Waals surface area contributed by atoms with Crippen LogP contribution in [0.25, 0.3) is 11.4 Å². The fourth-order valence-electron chi connectivity index (χ4n) is 3.28. The highest BCUT2D eigenvalue weighted by Gasteiger charge is 2.22. The highest BCUT2D eigenvalue weighted by molar-refractivity contribution is 5.76. The standard InChI is InChI=1S/C19H18FN5O3/c20-13-3-1-2-11(8-13)19-22-18(28-25-19)7-6-16(26)21-14-4-5-15-12(9-14)10-17(27)24-23-15/h1-3,8,10,14H,4-7,9H2,(H,21,26)(H,24,27)/t14-/m0/s1. The molecule has 4 rings (SSSR count). The van der Waals surface area contributed by atoms with E-state index in [9.17, 15) is 14.0 Å². The molecular weight excluding hydrogens is 365 g/mol. The Kier molecular flexibility index (Phi) is 4.96. The summed E-state index contributed by atoms with van der Waals surface area (Å²) in [5.74, 6) is 0.0990. The SMILES string of the molecule is O=C(CCc1nc(-c2cccc(F)c2)no1)N[C@H]1CCc2n[nH]c(=O)cc2C1. The van der Waals surface area contributed by atoms with Crippen molar-refractivity contribution in [2.75, 3.05) is 0 Å². The molecule has 1 aromatic carbocycles. The van der Waals surface area contributed by atoms with Crippen LogP contribution >= 0.6 is 0 Å². The fraction of sp³-hybridized carbons (Fsp3) is 0.316. The summed E-state index contributed by atoms with van der Waals surface area (Å²) in [7, 11) is 0.